The lowest BCUT2D eigenvalue weighted by molar-refractivity contribution is -0.133. The minimum atomic E-state index is -0.631. The third kappa shape index (κ3) is 5.52. The van der Waals surface area contributed by atoms with Crippen molar-refractivity contribution in [3.63, 3.8) is 0 Å². The average Bonchev–Trinajstić information content (AvgIpc) is 3.12. The molecular formula is C20H19N3O5S. The topological polar surface area (TPSA) is 112 Å². The Kier molecular flexibility index (Phi) is 6.40. The molecule has 150 valence electrons. The largest absolute Gasteiger partial charge is 0.484 e. The van der Waals surface area contributed by atoms with Gasteiger partial charge >= 0.3 is 5.97 Å². The first-order valence-corrected chi connectivity index (χ1v) is 9.51. The summed E-state index contributed by atoms with van der Waals surface area (Å²) in [7, 11) is 1.63. The van der Waals surface area contributed by atoms with Crippen molar-refractivity contribution in [1.82, 2.24) is 9.88 Å². The van der Waals surface area contributed by atoms with Crippen molar-refractivity contribution in [3.05, 3.63) is 59.1 Å². The van der Waals surface area contributed by atoms with Crippen LogP contribution in [0.25, 0.3) is 10.2 Å². The van der Waals surface area contributed by atoms with Gasteiger partial charge in [0.1, 0.15) is 10.8 Å². The van der Waals surface area contributed by atoms with Gasteiger partial charge in [-0.2, -0.15) is 0 Å². The molecule has 0 bridgehead atoms. The quantitative estimate of drug-likeness (QED) is 0.565. The number of primary amides is 1. The molecule has 0 atom stereocenters. The van der Waals surface area contributed by atoms with Crippen LogP contribution in [0.1, 0.15) is 15.4 Å². The molecule has 0 saturated carbocycles. The number of ether oxygens (including phenoxy) is 2. The van der Waals surface area contributed by atoms with Crippen LogP contribution in [0.15, 0.2) is 48.5 Å². The van der Waals surface area contributed by atoms with E-state index in [1.807, 2.05) is 24.3 Å². The summed E-state index contributed by atoms with van der Waals surface area (Å²) in [4.78, 5) is 41.0. The predicted molar refractivity (Wildman–Crippen MR) is 108 cm³/mol. The number of thiazole rings is 1. The first-order valence-electron chi connectivity index (χ1n) is 8.69. The number of hydrogen-bond donors (Lipinski definition) is 1. The number of amides is 2. The van der Waals surface area contributed by atoms with Crippen molar-refractivity contribution in [3.8, 4) is 5.75 Å². The molecule has 0 radical (unpaired) electrons. The van der Waals surface area contributed by atoms with Gasteiger partial charge in [-0.15, -0.1) is 11.3 Å². The highest BCUT2D eigenvalue weighted by Gasteiger charge is 2.15. The van der Waals surface area contributed by atoms with E-state index in [4.69, 9.17) is 15.2 Å². The second kappa shape index (κ2) is 9.16. The van der Waals surface area contributed by atoms with E-state index in [0.717, 1.165) is 15.2 Å². The third-order valence-corrected chi connectivity index (χ3v) is 4.96. The van der Waals surface area contributed by atoms with Crippen molar-refractivity contribution in [2.24, 2.45) is 5.73 Å². The molecule has 0 aliphatic rings. The lowest BCUT2D eigenvalue weighted by Crippen LogP contribution is -2.30. The Balaban J connectivity index is 1.49. The zero-order chi connectivity index (χ0) is 20.8. The van der Waals surface area contributed by atoms with Gasteiger partial charge in [-0.25, -0.2) is 9.78 Å². The molecule has 0 saturated heterocycles. The standard InChI is InChI=1S/C20H19N3O5S/c1-23(10-18-22-15-4-2-3-5-16(15)29-18)19(25)12-28-20(26)13-6-8-14(9-7-13)27-11-17(21)24/h2-9H,10-12H2,1H3,(H2,21,24). The van der Waals surface area contributed by atoms with E-state index < -0.39 is 11.9 Å². The van der Waals surface area contributed by atoms with Gasteiger partial charge in [-0.1, -0.05) is 12.1 Å². The fourth-order valence-corrected chi connectivity index (χ4v) is 3.46. The Labute approximate surface area is 170 Å². The molecule has 0 spiro atoms. The number of benzene rings is 2. The lowest BCUT2D eigenvalue weighted by Gasteiger charge is -2.15. The summed E-state index contributed by atoms with van der Waals surface area (Å²) in [6.45, 7) is -0.291. The Morgan fingerprint density at radius 3 is 2.48 bits per heavy atom. The number of fused-ring (bicyclic) bond motifs is 1. The third-order valence-electron chi connectivity index (χ3n) is 3.93. The minimum Gasteiger partial charge on any atom is -0.484 e. The van der Waals surface area contributed by atoms with Gasteiger partial charge in [-0.3, -0.25) is 9.59 Å². The van der Waals surface area contributed by atoms with Gasteiger partial charge in [0.15, 0.2) is 13.2 Å². The number of nitrogens with zero attached hydrogens (tertiary/aromatic N) is 2. The first kappa shape index (κ1) is 20.3. The zero-order valence-electron chi connectivity index (χ0n) is 15.7. The number of carbonyl (C=O) groups is 3. The summed E-state index contributed by atoms with van der Waals surface area (Å²) in [5.41, 5.74) is 6.16. The van der Waals surface area contributed by atoms with Crippen LogP contribution >= 0.6 is 11.3 Å². The summed E-state index contributed by atoms with van der Waals surface area (Å²) in [6, 6.07) is 13.7. The van der Waals surface area contributed by atoms with E-state index in [0.29, 0.717) is 12.3 Å². The maximum Gasteiger partial charge on any atom is 0.338 e. The van der Waals surface area contributed by atoms with Crippen LogP contribution < -0.4 is 10.5 Å². The van der Waals surface area contributed by atoms with Crippen LogP contribution in [0, 0.1) is 0 Å². The van der Waals surface area contributed by atoms with E-state index >= 15 is 0 Å². The maximum atomic E-state index is 12.3. The number of likely N-dealkylation sites (N-methyl/N-ethyl adjacent to an activating group) is 1. The molecule has 8 nitrogen and oxygen atoms in total. The summed E-state index contributed by atoms with van der Waals surface area (Å²) in [5, 5.41) is 0.805. The predicted octanol–water partition coefficient (Wildman–Crippen LogP) is 1.98. The molecule has 1 aromatic heterocycles. The molecular weight excluding hydrogens is 394 g/mol. The average molecular weight is 413 g/mol. The van der Waals surface area contributed by atoms with Gasteiger partial charge < -0.3 is 20.1 Å². The lowest BCUT2D eigenvalue weighted by atomic mass is 10.2. The molecule has 9 heteroatoms. The summed E-state index contributed by atoms with van der Waals surface area (Å²) >= 11 is 1.52. The first-order chi connectivity index (χ1) is 13.9. The number of para-hydroxylation sites is 1. The highest BCUT2D eigenvalue weighted by Crippen LogP contribution is 2.22. The van der Waals surface area contributed by atoms with Gasteiger partial charge in [0.2, 0.25) is 0 Å². The normalized spacial score (nSPS) is 10.5. The second-order valence-corrected chi connectivity index (χ2v) is 7.30. The molecule has 2 aromatic carbocycles. The van der Waals surface area contributed by atoms with Crippen molar-refractivity contribution in [2.75, 3.05) is 20.3 Å². The van der Waals surface area contributed by atoms with Gasteiger partial charge in [-0.05, 0) is 36.4 Å². The van der Waals surface area contributed by atoms with Crippen LogP contribution in [-0.2, 0) is 20.9 Å². The Hall–Kier alpha value is -3.46. The number of hydrogen-bond acceptors (Lipinski definition) is 7. The van der Waals surface area contributed by atoms with Crippen LogP contribution in [0.5, 0.6) is 5.75 Å². The van der Waals surface area contributed by atoms with Gasteiger partial charge in [0, 0.05) is 7.05 Å². The number of carbonyl (C=O) groups excluding carboxylic acids is 3. The molecule has 0 aliphatic carbocycles. The molecule has 3 rings (SSSR count). The Morgan fingerprint density at radius 2 is 1.79 bits per heavy atom. The SMILES string of the molecule is CN(Cc1nc2ccccc2s1)C(=O)COC(=O)c1ccc(OCC(N)=O)cc1. The smallest absolute Gasteiger partial charge is 0.338 e. The molecule has 29 heavy (non-hydrogen) atoms. The van der Waals surface area contributed by atoms with Crippen LogP contribution in [0.2, 0.25) is 0 Å². The fourth-order valence-electron chi connectivity index (χ4n) is 2.44. The van der Waals surface area contributed by atoms with Crippen LogP contribution in [-0.4, -0.2) is 47.9 Å². The van der Waals surface area contributed by atoms with E-state index in [1.54, 1.807) is 7.05 Å². The number of nitrogens with two attached hydrogens (primary N) is 1. The highest BCUT2D eigenvalue weighted by molar-refractivity contribution is 7.18. The van der Waals surface area contributed by atoms with Gasteiger partial charge in [0.25, 0.3) is 11.8 Å². The fraction of sp³-hybridized carbons (Fsp3) is 0.200. The molecule has 2 amide bonds. The van der Waals surface area contributed by atoms with E-state index in [1.165, 1.54) is 40.5 Å². The van der Waals surface area contributed by atoms with Crippen molar-refractivity contribution >= 4 is 39.3 Å². The van der Waals surface area contributed by atoms with Crippen LogP contribution in [0.4, 0.5) is 0 Å². The second-order valence-electron chi connectivity index (χ2n) is 6.18. The Bertz CT molecular complexity index is 999. The molecule has 0 aliphatic heterocycles. The van der Waals surface area contributed by atoms with E-state index in [2.05, 4.69) is 4.98 Å². The zero-order valence-corrected chi connectivity index (χ0v) is 16.5. The van der Waals surface area contributed by atoms with Crippen molar-refractivity contribution in [2.45, 2.75) is 6.54 Å². The number of rotatable bonds is 8. The summed E-state index contributed by atoms with van der Waals surface area (Å²) in [6.07, 6.45) is 0. The molecule has 0 fully saturated rings. The minimum absolute atomic E-state index is 0.251. The summed E-state index contributed by atoms with van der Waals surface area (Å²) < 4.78 is 11.3. The number of esters is 1. The number of aromatic nitrogens is 1. The molecule has 3 aromatic rings. The van der Waals surface area contributed by atoms with E-state index in [9.17, 15) is 14.4 Å². The van der Waals surface area contributed by atoms with E-state index in [-0.39, 0.29) is 24.7 Å². The van der Waals surface area contributed by atoms with Gasteiger partial charge in [0.05, 0.1) is 22.3 Å². The van der Waals surface area contributed by atoms with Crippen LogP contribution in [0.3, 0.4) is 0 Å². The molecule has 0 unspecified atom stereocenters. The molecule has 2 N–H and O–H groups in total. The Morgan fingerprint density at radius 1 is 1.07 bits per heavy atom. The highest BCUT2D eigenvalue weighted by atomic mass is 32.1. The molecule has 1 heterocycles. The summed E-state index contributed by atoms with van der Waals surface area (Å²) in [5.74, 6) is -1.17. The van der Waals surface area contributed by atoms with Crippen molar-refractivity contribution in [1.29, 1.82) is 0 Å². The van der Waals surface area contributed by atoms with Crippen molar-refractivity contribution < 1.29 is 23.9 Å². The monoisotopic (exact) mass is 413 g/mol. The maximum absolute atomic E-state index is 12.3.